The predicted octanol–water partition coefficient (Wildman–Crippen LogP) is 4.04. The number of benzene rings is 2. The lowest BCUT2D eigenvalue weighted by molar-refractivity contribution is -0.143. The van der Waals surface area contributed by atoms with Gasteiger partial charge in [-0.25, -0.2) is 18.2 Å². The fraction of sp³-hybridized carbons (Fsp3) is 0.567. The molecule has 1 amide bonds. The molecule has 0 bridgehead atoms. The molecule has 0 atom stereocenters. The molecule has 3 aliphatic rings. The smallest absolute Gasteiger partial charge is 0.250 e. The summed E-state index contributed by atoms with van der Waals surface area (Å²) < 4.78 is 37.9. The lowest BCUT2D eigenvalue weighted by atomic mass is 9.70. The van der Waals surface area contributed by atoms with Gasteiger partial charge in [-0.15, -0.1) is 0 Å². The van der Waals surface area contributed by atoms with E-state index < -0.39 is 21.3 Å². The molecule has 1 aliphatic carbocycles. The van der Waals surface area contributed by atoms with Crippen molar-refractivity contribution in [2.45, 2.75) is 56.8 Å². The molecule has 0 radical (unpaired) electrons. The van der Waals surface area contributed by atoms with Crippen molar-refractivity contribution in [3.8, 4) is 11.5 Å². The summed E-state index contributed by atoms with van der Waals surface area (Å²) in [6.45, 7) is 3.12. The quantitative estimate of drug-likeness (QED) is 0.322. The lowest BCUT2D eigenvalue weighted by Gasteiger charge is -2.41. The van der Waals surface area contributed by atoms with Gasteiger partial charge in [-0.1, -0.05) is 42.8 Å². The maximum Gasteiger partial charge on any atom is 0.250 e. The number of hydrogen-bond acceptors (Lipinski definition) is 7. The van der Waals surface area contributed by atoms with E-state index >= 15 is 0 Å². The van der Waals surface area contributed by atoms with Crippen molar-refractivity contribution in [3.05, 3.63) is 59.7 Å². The summed E-state index contributed by atoms with van der Waals surface area (Å²) in [5, 5.41) is 12.3. The molecule has 2 aliphatic heterocycles. The number of ether oxygens (including phenoxy) is 2. The van der Waals surface area contributed by atoms with Crippen molar-refractivity contribution < 1.29 is 27.9 Å². The van der Waals surface area contributed by atoms with Gasteiger partial charge in [-0.05, 0) is 86.7 Å². The van der Waals surface area contributed by atoms with Crippen LogP contribution in [0.4, 0.5) is 0 Å². The number of carbonyl (C=O) groups excluding carboxylic acids is 1. The molecule has 40 heavy (non-hydrogen) atoms. The van der Waals surface area contributed by atoms with E-state index in [-0.39, 0.29) is 11.7 Å². The molecule has 0 aromatic heterocycles. The lowest BCUT2D eigenvalue weighted by Crippen LogP contribution is -2.52. The highest BCUT2D eigenvalue weighted by molar-refractivity contribution is 7.89. The van der Waals surface area contributed by atoms with Gasteiger partial charge in [0.2, 0.25) is 10.0 Å². The Morgan fingerprint density at radius 3 is 1.88 bits per heavy atom. The Hall–Kier alpha value is -2.66. The molecule has 9 nitrogen and oxygen atoms in total. The van der Waals surface area contributed by atoms with E-state index in [1.807, 2.05) is 30.3 Å². The standard InChI is InChI=1S/C18H26N2O5S.C12H17NO/c1-25-16-6-3-2-5-15(16)14-7-11-20(12-8-14)26(23,24)13-18(9-4-10-18)17(21)19-22;1-14-12-5-3-2-4-11(12)10-6-8-13-9-7-10/h2-3,5-6,14,22H,4,7-13H2,1H3,(H,19,21);2-5,10,13H,6-9H2,1H3. The van der Waals surface area contributed by atoms with Crippen LogP contribution in [0.5, 0.6) is 11.5 Å². The molecule has 5 rings (SSSR count). The summed E-state index contributed by atoms with van der Waals surface area (Å²) in [7, 11) is -0.157. The highest BCUT2D eigenvalue weighted by atomic mass is 32.2. The topological polar surface area (TPSA) is 117 Å². The maximum absolute atomic E-state index is 12.8. The molecule has 10 heteroatoms. The predicted molar refractivity (Wildman–Crippen MR) is 154 cm³/mol. The van der Waals surface area contributed by atoms with E-state index in [2.05, 4.69) is 23.5 Å². The average Bonchev–Trinajstić information content (AvgIpc) is 2.99. The number of sulfonamides is 1. The maximum atomic E-state index is 12.8. The number of hydrogen-bond donors (Lipinski definition) is 3. The van der Waals surface area contributed by atoms with Crippen LogP contribution >= 0.6 is 0 Å². The number of rotatable bonds is 8. The number of nitrogens with zero attached hydrogens (tertiary/aromatic N) is 1. The Balaban J connectivity index is 0.000000222. The Bertz CT molecular complexity index is 1220. The molecular weight excluding hydrogens is 530 g/mol. The highest BCUT2D eigenvalue weighted by Gasteiger charge is 2.49. The summed E-state index contributed by atoms with van der Waals surface area (Å²) in [6.07, 6.45) is 5.68. The van der Waals surface area contributed by atoms with Crippen molar-refractivity contribution >= 4 is 15.9 Å². The number of hydroxylamine groups is 1. The van der Waals surface area contributed by atoms with E-state index in [1.165, 1.54) is 22.7 Å². The third-order valence-electron chi connectivity index (χ3n) is 8.70. The third kappa shape index (κ3) is 6.97. The molecule has 3 fully saturated rings. The Morgan fingerprint density at radius 1 is 0.925 bits per heavy atom. The Labute approximate surface area is 238 Å². The molecule has 2 heterocycles. The molecular formula is C30H43N3O6S. The fourth-order valence-electron chi connectivity index (χ4n) is 6.18. The summed E-state index contributed by atoms with van der Waals surface area (Å²) >= 11 is 0. The summed E-state index contributed by atoms with van der Waals surface area (Å²) in [5.41, 5.74) is 3.14. The Morgan fingerprint density at radius 2 is 1.43 bits per heavy atom. The van der Waals surface area contributed by atoms with E-state index in [0.29, 0.717) is 31.8 Å². The second kappa shape index (κ2) is 13.8. The Kier molecular flexibility index (Phi) is 10.5. The molecule has 2 saturated heterocycles. The van der Waals surface area contributed by atoms with Crippen LogP contribution in [0.2, 0.25) is 0 Å². The molecule has 0 unspecified atom stereocenters. The molecule has 2 aromatic carbocycles. The molecule has 2 aromatic rings. The SMILES string of the molecule is COc1ccccc1C1CCN(S(=O)(=O)CC2(C(=O)NO)CCC2)CC1.COc1ccccc1C1CCNCC1. The van der Waals surface area contributed by atoms with Crippen LogP contribution in [0, 0.1) is 5.41 Å². The van der Waals surface area contributed by atoms with Crippen LogP contribution < -0.4 is 20.3 Å². The van der Waals surface area contributed by atoms with Crippen LogP contribution in [0.1, 0.15) is 67.9 Å². The first-order valence-corrected chi connectivity index (χ1v) is 15.8. The van der Waals surface area contributed by atoms with Crippen LogP contribution in [0.25, 0.3) is 0 Å². The van der Waals surface area contributed by atoms with Crippen LogP contribution in [-0.2, 0) is 14.8 Å². The number of carbonyl (C=O) groups is 1. The van der Waals surface area contributed by atoms with Crippen molar-refractivity contribution in [2.75, 3.05) is 46.2 Å². The zero-order valence-corrected chi connectivity index (χ0v) is 24.4. The van der Waals surface area contributed by atoms with Crippen LogP contribution in [-0.4, -0.2) is 70.0 Å². The van der Waals surface area contributed by atoms with Crippen molar-refractivity contribution in [2.24, 2.45) is 5.41 Å². The summed E-state index contributed by atoms with van der Waals surface area (Å²) in [4.78, 5) is 11.9. The van der Waals surface area contributed by atoms with Gasteiger partial charge in [0.1, 0.15) is 11.5 Å². The fourth-order valence-corrected chi connectivity index (χ4v) is 8.25. The largest absolute Gasteiger partial charge is 0.496 e. The van der Waals surface area contributed by atoms with E-state index in [0.717, 1.165) is 49.4 Å². The van der Waals surface area contributed by atoms with Crippen molar-refractivity contribution in [1.29, 1.82) is 0 Å². The van der Waals surface area contributed by atoms with Crippen molar-refractivity contribution in [3.63, 3.8) is 0 Å². The minimum Gasteiger partial charge on any atom is -0.496 e. The zero-order chi connectivity index (χ0) is 28.6. The van der Waals surface area contributed by atoms with Gasteiger partial charge in [0.15, 0.2) is 0 Å². The van der Waals surface area contributed by atoms with E-state index in [4.69, 9.17) is 14.7 Å². The third-order valence-corrected chi connectivity index (χ3v) is 10.8. The minimum absolute atomic E-state index is 0.230. The average molecular weight is 574 g/mol. The van der Waals surface area contributed by atoms with E-state index in [9.17, 15) is 13.2 Å². The van der Waals surface area contributed by atoms with Crippen LogP contribution in [0.3, 0.4) is 0 Å². The number of nitrogens with one attached hydrogen (secondary N) is 2. The molecule has 3 N–H and O–H groups in total. The van der Waals surface area contributed by atoms with Gasteiger partial charge < -0.3 is 14.8 Å². The van der Waals surface area contributed by atoms with Gasteiger partial charge >= 0.3 is 0 Å². The first-order chi connectivity index (χ1) is 19.3. The van der Waals surface area contributed by atoms with Crippen molar-refractivity contribution in [1.82, 2.24) is 15.1 Å². The molecule has 220 valence electrons. The van der Waals surface area contributed by atoms with Gasteiger partial charge in [-0.3, -0.25) is 10.0 Å². The number of amides is 1. The normalized spacial score (nSPS) is 20.0. The van der Waals surface area contributed by atoms with E-state index in [1.54, 1.807) is 19.7 Å². The first kappa shape index (κ1) is 30.3. The number of methoxy groups -OCH3 is 2. The monoisotopic (exact) mass is 573 g/mol. The summed E-state index contributed by atoms with van der Waals surface area (Å²) in [5.74, 6) is 1.99. The first-order valence-electron chi connectivity index (χ1n) is 14.2. The summed E-state index contributed by atoms with van der Waals surface area (Å²) in [6, 6.07) is 16.2. The second-order valence-electron chi connectivity index (χ2n) is 11.0. The zero-order valence-electron chi connectivity index (χ0n) is 23.6. The minimum atomic E-state index is -3.55. The van der Waals surface area contributed by atoms with Gasteiger partial charge in [-0.2, -0.15) is 0 Å². The van der Waals surface area contributed by atoms with Gasteiger partial charge in [0.25, 0.3) is 5.91 Å². The highest BCUT2D eigenvalue weighted by Crippen LogP contribution is 2.43. The number of para-hydroxylation sites is 2. The van der Waals surface area contributed by atoms with Crippen LogP contribution in [0.15, 0.2) is 48.5 Å². The number of piperidine rings is 2. The molecule has 0 spiro atoms. The van der Waals surface area contributed by atoms with Gasteiger partial charge in [0, 0.05) is 13.1 Å². The second-order valence-corrected chi connectivity index (χ2v) is 13.0. The van der Waals surface area contributed by atoms with Gasteiger partial charge in [0.05, 0.1) is 25.4 Å². The molecule has 1 saturated carbocycles.